The minimum absolute atomic E-state index is 0.343. The fourth-order valence-corrected chi connectivity index (χ4v) is 4.58. The summed E-state index contributed by atoms with van der Waals surface area (Å²) in [7, 11) is -1.55. The SMILES string of the molecule is CCOP(=O)(OCC)c1ccc(Cn2ccc3c(OC)cccc32)cc1. The highest BCUT2D eigenvalue weighted by atomic mass is 31.2. The maximum atomic E-state index is 12.8. The summed E-state index contributed by atoms with van der Waals surface area (Å²) < 4.78 is 31.2. The Bertz CT molecular complexity index is 907. The van der Waals surface area contributed by atoms with E-state index in [-0.39, 0.29) is 0 Å². The molecule has 138 valence electrons. The summed E-state index contributed by atoms with van der Waals surface area (Å²) in [5.41, 5.74) is 2.22. The topological polar surface area (TPSA) is 49.7 Å². The Balaban J connectivity index is 1.85. The van der Waals surface area contributed by atoms with Crippen molar-refractivity contribution in [1.29, 1.82) is 0 Å². The van der Waals surface area contributed by atoms with Crippen molar-refractivity contribution in [2.24, 2.45) is 0 Å². The molecule has 0 saturated heterocycles. The zero-order valence-corrected chi connectivity index (χ0v) is 16.2. The molecule has 2 aromatic carbocycles. The van der Waals surface area contributed by atoms with Gasteiger partial charge in [-0.25, -0.2) is 0 Å². The largest absolute Gasteiger partial charge is 0.496 e. The molecule has 0 aliphatic heterocycles. The summed E-state index contributed by atoms with van der Waals surface area (Å²) in [6.45, 7) is 5.02. The summed E-state index contributed by atoms with van der Waals surface area (Å²) in [5, 5.41) is 1.67. The molecule has 0 aliphatic rings. The van der Waals surface area contributed by atoms with E-state index in [2.05, 4.69) is 16.7 Å². The Morgan fingerprint density at radius 3 is 2.27 bits per heavy atom. The van der Waals surface area contributed by atoms with Crippen LogP contribution in [0.25, 0.3) is 10.9 Å². The first kappa shape index (κ1) is 18.7. The van der Waals surface area contributed by atoms with E-state index in [0.29, 0.717) is 25.1 Å². The summed E-state index contributed by atoms with van der Waals surface area (Å²) in [5.74, 6) is 0.867. The average Bonchev–Trinajstić information content (AvgIpc) is 3.06. The third-order valence-electron chi connectivity index (χ3n) is 4.20. The minimum atomic E-state index is -3.24. The fourth-order valence-electron chi connectivity index (χ4n) is 3.02. The van der Waals surface area contributed by atoms with Crippen molar-refractivity contribution < 1.29 is 18.3 Å². The average molecular weight is 373 g/mol. The summed E-state index contributed by atoms with van der Waals surface area (Å²) in [6, 6.07) is 15.7. The lowest BCUT2D eigenvalue weighted by Gasteiger charge is -2.17. The van der Waals surface area contributed by atoms with Crippen LogP contribution in [0.4, 0.5) is 0 Å². The van der Waals surface area contributed by atoms with Gasteiger partial charge in [0.15, 0.2) is 0 Å². The number of hydrogen-bond acceptors (Lipinski definition) is 4. The molecule has 1 heterocycles. The second kappa shape index (κ2) is 8.09. The van der Waals surface area contributed by atoms with Crippen molar-refractivity contribution in [3.8, 4) is 5.75 Å². The smallest absolute Gasteiger partial charge is 0.361 e. The van der Waals surface area contributed by atoms with Gasteiger partial charge >= 0.3 is 7.60 Å². The summed E-state index contributed by atoms with van der Waals surface area (Å²) in [4.78, 5) is 0. The second-order valence-electron chi connectivity index (χ2n) is 5.84. The van der Waals surface area contributed by atoms with Crippen LogP contribution in [0.5, 0.6) is 5.75 Å². The molecule has 6 heteroatoms. The number of rotatable bonds is 8. The fraction of sp³-hybridized carbons (Fsp3) is 0.300. The number of aromatic nitrogens is 1. The van der Waals surface area contributed by atoms with Crippen molar-refractivity contribution in [3.63, 3.8) is 0 Å². The van der Waals surface area contributed by atoms with E-state index < -0.39 is 7.60 Å². The predicted molar refractivity (Wildman–Crippen MR) is 105 cm³/mol. The molecule has 3 rings (SSSR count). The van der Waals surface area contributed by atoms with Crippen LogP contribution in [-0.4, -0.2) is 24.9 Å². The van der Waals surface area contributed by atoms with Crippen molar-refractivity contribution >= 4 is 23.8 Å². The van der Waals surface area contributed by atoms with Crippen LogP contribution in [0.3, 0.4) is 0 Å². The molecule has 26 heavy (non-hydrogen) atoms. The normalized spacial score (nSPS) is 11.8. The predicted octanol–water partition coefficient (Wildman–Crippen LogP) is 4.59. The summed E-state index contributed by atoms with van der Waals surface area (Å²) >= 11 is 0. The van der Waals surface area contributed by atoms with Gasteiger partial charge in [0, 0.05) is 18.1 Å². The Kier molecular flexibility index (Phi) is 5.82. The molecule has 0 unspecified atom stereocenters. The van der Waals surface area contributed by atoms with Crippen molar-refractivity contribution in [2.75, 3.05) is 20.3 Å². The van der Waals surface area contributed by atoms with Crippen LogP contribution in [0.15, 0.2) is 54.7 Å². The zero-order valence-electron chi connectivity index (χ0n) is 15.3. The molecule has 0 N–H and O–H groups in total. The van der Waals surface area contributed by atoms with E-state index in [0.717, 1.165) is 22.2 Å². The number of methoxy groups -OCH3 is 1. The summed E-state index contributed by atoms with van der Waals surface area (Å²) in [6.07, 6.45) is 2.05. The number of hydrogen-bond donors (Lipinski definition) is 0. The van der Waals surface area contributed by atoms with Gasteiger partial charge in [-0.15, -0.1) is 0 Å². The maximum absolute atomic E-state index is 12.8. The van der Waals surface area contributed by atoms with Gasteiger partial charge in [-0.1, -0.05) is 18.2 Å². The Labute approximate surface area is 154 Å². The molecule has 0 spiro atoms. The van der Waals surface area contributed by atoms with Crippen LogP contribution in [0.2, 0.25) is 0 Å². The first-order valence-electron chi connectivity index (χ1n) is 8.71. The highest BCUT2D eigenvalue weighted by Crippen LogP contribution is 2.46. The van der Waals surface area contributed by atoms with Gasteiger partial charge < -0.3 is 18.4 Å². The number of nitrogens with zero attached hydrogens (tertiary/aromatic N) is 1. The monoisotopic (exact) mass is 373 g/mol. The van der Waals surface area contributed by atoms with Gasteiger partial charge in [-0.05, 0) is 49.7 Å². The third-order valence-corrected chi connectivity index (χ3v) is 6.32. The number of fused-ring (bicyclic) bond motifs is 1. The Morgan fingerprint density at radius 2 is 1.65 bits per heavy atom. The minimum Gasteiger partial charge on any atom is -0.496 e. The standard InChI is InChI=1S/C20H24NO4P/c1-4-24-26(22,25-5-2)17-11-9-16(10-12-17)15-21-14-13-18-19(21)7-6-8-20(18)23-3/h6-14H,4-5,15H2,1-3H3. The van der Waals surface area contributed by atoms with Crippen molar-refractivity contribution in [1.82, 2.24) is 4.57 Å². The highest BCUT2D eigenvalue weighted by Gasteiger charge is 2.26. The lowest BCUT2D eigenvalue weighted by atomic mass is 10.2. The van der Waals surface area contributed by atoms with E-state index in [1.807, 2.05) is 56.4 Å². The molecule has 0 bridgehead atoms. The van der Waals surface area contributed by atoms with Gasteiger partial charge in [0.05, 0.1) is 31.1 Å². The van der Waals surface area contributed by atoms with Crippen LogP contribution in [0, 0.1) is 0 Å². The van der Waals surface area contributed by atoms with E-state index in [9.17, 15) is 4.57 Å². The Hall–Kier alpha value is -2.07. The van der Waals surface area contributed by atoms with E-state index in [1.54, 1.807) is 7.11 Å². The lowest BCUT2D eigenvalue weighted by molar-refractivity contribution is 0.230. The molecule has 3 aromatic rings. The van der Waals surface area contributed by atoms with Crippen LogP contribution in [0.1, 0.15) is 19.4 Å². The van der Waals surface area contributed by atoms with Gasteiger partial charge in [-0.3, -0.25) is 4.57 Å². The quantitative estimate of drug-likeness (QED) is 0.542. The number of benzene rings is 2. The molecule has 0 saturated carbocycles. The molecule has 0 atom stereocenters. The molecule has 5 nitrogen and oxygen atoms in total. The molecule has 0 amide bonds. The lowest BCUT2D eigenvalue weighted by Crippen LogP contribution is -2.11. The second-order valence-corrected chi connectivity index (χ2v) is 7.86. The molecule has 0 aliphatic carbocycles. The molecule has 0 fully saturated rings. The molecular weight excluding hydrogens is 349 g/mol. The van der Waals surface area contributed by atoms with Crippen LogP contribution < -0.4 is 10.0 Å². The van der Waals surface area contributed by atoms with Gasteiger partial charge in [0.25, 0.3) is 0 Å². The van der Waals surface area contributed by atoms with Crippen LogP contribution >= 0.6 is 7.60 Å². The Morgan fingerprint density at radius 1 is 0.962 bits per heavy atom. The van der Waals surface area contributed by atoms with Gasteiger partial charge in [0.2, 0.25) is 0 Å². The highest BCUT2D eigenvalue weighted by molar-refractivity contribution is 7.62. The van der Waals surface area contributed by atoms with Gasteiger partial charge in [-0.2, -0.15) is 0 Å². The van der Waals surface area contributed by atoms with Crippen molar-refractivity contribution in [3.05, 3.63) is 60.3 Å². The van der Waals surface area contributed by atoms with Crippen molar-refractivity contribution in [2.45, 2.75) is 20.4 Å². The molecule has 0 radical (unpaired) electrons. The third kappa shape index (κ3) is 3.70. The zero-order chi connectivity index (χ0) is 18.6. The molecular formula is C20H24NO4P. The number of ether oxygens (including phenoxy) is 1. The van der Waals surface area contributed by atoms with Gasteiger partial charge in [0.1, 0.15) is 5.75 Å². The van der Waals surface area contributed by atoms with E-state index in [4.69, 9.17) is 13.8 Å². The first-order chi connectivity index (χ1) is 12.6. The van der Waals surface area contributed by atoms with E-state index in [1.165, 1.54) is 0 Å². The molecule has 1 aromatic heterocycles. The van der Waals surface area contributed by atoms with Crippen LogP contribution in [-0.2, 0) is 20.2 Å². The maximum Gasteiger partial charge on any atom is 0.361 e. The first-order valence-corrected chi connectivity index (χ1v) is 10.3. The van der Waals surface area contributed by atoms with E-state index >= 15 is 0 Å².